The van der Waals surface area contributed by atoms with Gasteiger partial charge in [0.05, 0.1) is 36.3 Å². The highest BCUT2D eigenvalue weighted by Crippen LogP contribution is 2.22. The molecule has 3 aromatic rings. The van der Waals surface area contributed by atoms with Crippen LogP contribution in [0, 0.1) is 0 Å². The molecule has 0 fully saturated rings. The van der Waals surface area contributed by atoms with Crippen LogP contribution < -0.4 is 0 Å². The number of aromatic nitrogens is 3. The highest BCUT2D eigenvalue weighted by atomic mass is 16.5. The van der Waals surface area contributed by atoms with Crippen LogP contribution in [-0.2, 0) is 16.0 Å². The molecule has 23 heavy (non-hydrogen) atoms. The van der Waals surface area contributed by atoms with Crippen molar-refractivity contribution in [3.05, 3.63) is 66.5 Å². The number of nitrogens with zero attached hydrogens (tertiary/aromatic N) is 3. The van der Waals surface area contributed by atoms with Gasteiger partial charge in [-0.2, -0.15) is 0 Å². The lowest BCUT2D eigenvalue weighted by Gasteiger charge is -2.08. The summed E-state index contributed by atoms with van der Waals surface area (Å²) in [7, 11) is 1.38. The first-order valence-corrected chi connectivity index (χ1v) is 7.17. The smallest absolute Gasteiger partial charge is 0.309 e. The molecular weight excluding hydrogens is 290 g/mol. The molecule has 0 amide bonds. The van der Waals surface area contributed by atoms with Crippen LogP contribution in [0.25, 0.3) is 22.8 Å². The lowest BCUT2D eigenvalue weighted by atomic mass is 10.1. The molecule has 0 spiro atoms. The fourth-order valence-corrected chi connectivity index (χ4v) is 2.22. The van der Waals surface area contributed by atoms with Crippen molar-refractivity contribution in [2.45, 2.75) is 6.42 Å². The SMILES string of the molecule is COC(=O)Cc1cc(-c2ccccn2)nc(-c2ccccn2)c1. The number of carbonyl (C=O) groups excluding carboxylic acids is 1. The molecule has 0 atom stereocenters. The van der Waals surface area contributed by atoms with Crippen molar-refractivity contribution >= 4 is 5.97 Å². The second-order valence-electron chi connectivity index (χ2n) is 4.93. The van der Waals surface area contributed by atoms with Crippen molar-refractivity contribution in [1.29, 1.82) is 0 Å². The summed E-state index contributed by atoms with van der Waals surface area (Å²) in [6.45, 7) is 0. The lowest BCUT2D eigenvalue weighted by molar-refractivity contribution is -0.139. The van der Waals surface area contributed by atoms with E-state index in [1.165, 1.54) is 7.11 Å². The van der Waals surface area contributed by atoms with E-state index in [2.05, 4.69) is 15.0 Å². The van der Waals surface area contributed by atoms with Crippen molar-refractivity contribution < 1.29 is 9.53 Å². The Hall–Kier alpha value is -3.08. The monoisotopic (exact) mass is 305 g/mol. The van der Waals surface area contributed by atoms with Crippen LogP contribution in [0.3, 0.4) is 0 Å². The zero-order valence-corrected chi connectivity index (χ0v) is 12.6. The van der Waals surface area contributed by atoms with Gasteiger partial charge in [0.15, 0.2) is 0 Å². The van der Waals surface area contributed by atoms with Gasteiger partial charge in [0.1, 0.15) is 0 Å². The Morgan fingerprint density at radius 2 is 1.48 bits per heavy atom. The van der Waals surface area contributed by atoms with Gasteiger partial charge in [0.25, 0.3) is 0 Å². The minimum atomic E-state index is -0.296. The Morgan fingerprint density at radius 3 is 1.91 bits per heavy atom. The van der Waals surface area contributed by atoms with Crippen molar-refractivity contribution in [2.24, 2.45) is 0 Å². The highest BCUT2D eigenvalue weighted by Gasteiger charge is 2.11. The molecule has 114 valence electrons. The van der Waals surface area contributed by atoms with Crippen LogP contribution in [0.4, 0.5) is 0 Å². The summed E-state index contributed by atoms with van der Waals surface area (Å²) >= 11 is 0. The van der Waals surface area contributed by atoms with E-state index in [0.717, 1.165) is 17.0 Å². The molecule has 0 aliphatic carbocycles. The van der Waals surface area contributed by atoms with E-state index in [1.807, 2.05) is 48.5 Å². The lowest BCUT2D eigenvalue weighted by Crippen LogP contribution is -2.05. The zero-order chi connectivity index (χ0) is 16.1. The average molecular weight is 305 g/mol. The number of methoxy groups -OCH3 is 1. The average Bonchev–Trinajstić information content (AvgIpc) is 2.63. The van der Waals surface area contributed by atoms with Crippen molar-refractivity contribution in [2.75, 3.05) is 7.11 Å². The topological polar surface area (TPSA) is 65.0 Å². The standard InChI is InChI=1S/C18H15N3O2/c1-23-18(22)12-13-10-16(14-6-2-4-8-19-14)21-17(11-13)15-7-3-5-9-20-15/h2-11H,12H2,1H3. The van der Waals surface area contributed by atoms with Crippen LogP contribution in [0.15, 0.2) is 60.9 Å². The fraction of sp³-hybridized carbons (Fsp3) is 0.111. The van der Waals surface area contributed by atoms with Crippen molar-refractivity contribution in [3.8, 4) is 22.8 Å². The molecule has 0 bridgehead atoms. The normalized spacial score (nSPS) is 10.3. The molecule has 0 radical (unpaired) electrons. The van der Waals surface area contributed by atoms with E-state index in [4.69, 9.17) is 4.74 Å². The Bertz CT molecular complexity index is 747. The maximum atomic E-state index is 11.6. The van der Waals surface area contributed by atoms with Crippen LogP contribution in [0.2, 0.25) is 0 Å². The van der Waals surface area contributed by atoms with Crippen LogP contribution >= 0.6 is 0 Å². The highest BCUT2D eigenvalue weighted by molar-refractivity contribution is 5.74. The molecule has 3 heterocycles. The molecule has 0 saturated carbocycles. The van der Waals surface area contributed by atoms with Crippen molar-refractivity contribution in [3.63, 3.8) is 0 Å². The van der Waals surface area contributed by atoms with Gasteiger partial charge in [-0.3, -0.25) is 14.8 Å². The van der Waals surface area contributed by atoms with E-state index in [-0.39, 0.29) is 12.4 Å². The summed E-state index contributed by atoms with van der Waals surface area (Å²) in [5.41, 5.74) is 3.71. The Morgan fingerprint density at radius 1 is 0.913 bits per heavy atom. The van der Waals surface area contributed by atoms with Gasteiger partial charge in [-0.25, -0.2) is 4.98 Å². The molecule has 0 saturated heterocycles. The number of carbonyl (C=O) groups is 1. The molecule has 0 unspecified atom stereocenters. The Kier molecular flexibility index (Phi) is 4.38. The maximum Gasteiger partial charge on any atom is 0.309 e. The molecule has 0 aliphatic rings. The first kappa shape index (κ1) is 14.8. The summed E-state index contributed by atoms with van der Waals surface area (Å²) in [4.78, 5) is 24.9. The predicted molar refractivity (Wildman–Crippen MR) is 86.4 cm³/mol. The van der Waals surface area contributed by atoms with Crippen LogP contribution in [0.1, 0.15) is 5.56 Å². The Labute approximate surface area is 134 Å². The number of hydrogen-bond donors (Lipinski definition) is 0. The summed E-state index contributed by atoms with van der Waals surface area (Å²) in [5, 5.41) is 0. The number of rotatable bonds is 4. The number of esters is 1. The molecule has 3 rings (SSSR count). The molecular formula is C18H15N3O2. The summed E-state index contributed by atoms with van der Waals surface area (Å²) in [5.74, 6) is -0.296. The quantitative estimate of drug-likeness (QED) is 0.693. The number of ether oxygens (including phenoxy) is 1. The van der Waals surface area contributed by atoms with Gasteiger partial charge in [-0.15, -0.1) is 0 Å². The van der Waals surface area contributed by atoms with E-state index in [9.17, 15) is 4.79 Å². The molecule has 0 N–H and O–H groups in total. The van der Waals surface area contributed by atoms with Gasteiger partial charge in [0, 0.05) is 12.4 Å². The minimum Gasteiger partial charge on any atom is -0.469 e. The van der Waals surface area contributed by atoms with E-state index in [1.54, 1.807) is 12.4 Å². The van der Waals surface area contributed by atoms with Crippen LogP contribution in [-0.4, -0.2) is 28.0 Å². The van der Waals surface area contributed by atoms with Crippen LogP contribution in [0.5, 0.6) is 0 Å². The summed E-state index contributed by atoms with van der Waals surface area (Å²) in [6.07, 6.45) is 3.60. The molecule has 0 aliphatic heterocycles. The fourth-order valence-electron chi connectivity index (χ4n) is 2.22. The second kappa shape index (κ2) is 6.79. The summed E-state index contributed by atoms with van der Waals surface area (Å²) < 4.78 is 4.75. The predicted octanol–water partition coefficient (Wildman–Crippen LogP) is 2.92. The maximum absolute atomic E-state index is 11.6. The molecule has 0 aromatic carbocycles. The van der Waals surface area contributed by atoms with Gasteiger partial charge in [0.2, 0.25) is 0 Å². The van der Waals surface area contributed by atoms with E-state index in [0.29, 0.717) is 11.4 Å². The zero-order valence-electron chi connectivity index (χ0n) is 12.6. The third-order valence-corrected chi connectivity index (χ3v) is 3.32. The molecule has 3 aromatic heterocycles. The van der Waals surface area contributed by atoms with E-state index >= 15 is 0 Å². The largest absolute Gasteiger partial charge is 0.469 e. The van der Waals surface area contributed by atoms with E-state index < -0.39 is 0 Å². The number of pyridine rings is 3. The molecule has 5 nitrogen and oxygen atoms in total. The Balaban J connectivity index is 2.09. The van der Waals surface area contributed by atoms with Gasteiger partial charge in [-0.05, 0) is 42.0 Å². The first-order chi connectivity index (χ1) is 11.3. The third kappa shape index (κ3) is 3.58. The second-order valence-corrected chi connectivity index (χ2v) is 4.93. The number of hydrogen-bond acceptors (Lipinski definition) is 5. The van der Waals surface area contributed by atoms with Crippen molar-refractivity contribution in [1.82, 2.24) is 15.0 Å². The summed E-state index contributed by atoms with van der Waals surface area (Å²) in [6, 6.07) is 15.0. The first-order valence-electron chi connectivity index (χ1n) is 7.17. The molecule has 5 heteroatoms. The van der Waals surface area contributed by atoms with Gasteiger partial charge in [-0.1, -0.05) is 12.1 Å². The minimum absolute atomic E-state index is 0.179. The third-order valence-electron chi connectivity index (χ3n) is 3.32. The van der Waals surface area contributed by atoms with Gasteiger partial charge < -0.3 is 4.74 Å². The van der Waals surface area contributed by atoms with Gasteiger partial charge >= 0.3 is 5.97 Å².